The molecular formula is C11H12N4O3. The number of nitrogens with one attached hydrogen (secondary N) is 2. The SMILES string of the molecule is COc1ccc(Nc2nncc(=O)[nH]2)cc1OC. The number of H-pyrrole nitrogens is 1. The van der Waals surface area contributed by atoms with Crippen molar-refractivity contribution in [1.29, 1.82) is 0 Å². The first-order chi connectivity index (χ1) is 8.72. The van der Waals surface area contributed by atoms with Crippen molar-refractivity contribution >= 4 is 11.6 Å². The van der Waals surface area contributed by atoms with E-state index >= 15 is 0 Å². The maximum absolute atomic E-state index is 11.1. The van der Waals surface area contributed by atoms with Crippen molar-refractivity contribution in [1.82, 2.24) is 15.2 Å². The Hall–Kier alpha value is -2.57. The summed E-state index contributed by atoms with van der Waals surface area (Å²) in [6, 6.07) is 5.25. The summed E-state index contributed by atoms with van der Waals surface area (Å²) in [5, 5.41) is 10.2. The van der Waals surface area contributed by atoms with Crippen LogP contribution in [0.15, 0.2) is 29.2 Å². The van der Waals surface area contributed by atoms with Crippen molar-refractivity contribution in [3.63, 3.8) is 0 Å². The summed E-state index contributed by atoms with van der Waals surface area (Å²) in [4.78, 5) is 13.6. The molecule has 94 valence electrons. The molecule has 2 rings (SSSR count). The minimum Gasteiger partial charge on any atom is -0.493 e. The van der Waals surface area contributed by atoms with Crippen LogP contribution in [-0.4, -0.2) is 29.4 Å². The number of aromatic nitrogens is 3. The molecule has 7 heteroatoms. The number of rotatable bonds is 4. The van der Waals surface area contributed by atoms with Gasteiger partial charge in [0.05, 0.1) is 14.2 Å². The summed E-state index contributed by atoms with van der Waals surface area (Å²) >= 11 is 0. The van der Waals surface area contributed by atoms with Crippen LogP contribution in [0.2, 0.25) is 0 Å². The van der Waals surface area contributed by atoms with Gasteiger partial charge in [0.15, 0.2) is 11.5 Å². The number of benzene rings is 1. The monoisotopic (exact) mass is 248 g/mol. The molecule has 0 bridgehead atoms. The molecule has 0 amide bonds. The van der Waals surface area contributed by atoms with Gasteiger partial charge in [0.1, 0.15) is 6.20 Å². The van der Waals surface area contributed by atoms with E-state index in [4.69, 9.17) is 9.47 Å². The van der Waals surface area contributed by atoms with Gasteiger partial charge in [-0.05, 0) is 12.1 Å². The summed E-state index contributed by atoms with van der Waals surface area (Å²) < 4.78 is 10.3. The van der Waals surface area contributed by atoms with E-state index in [9.17, 15) is 4.79 Å². The second kappa shape index (κ2) is 5.17. The molecule has 2 N–H and O–H groups in total. The number of hydrogen-bond donors (Lipinski definition) is 2. The largest absolute Gasteiger partial charge is 0.493 e. The number of anilines is 2. The Balaban J connectivity index is 2.27. The fraction of sp³-hybridized carbons (Fsp3) is 0.182. The van der Waals surface area contributed by atoms with E-state index in [0.717, 1.165) is 6.20 Å². The van der Waals surface area contributed by atoms with E-state index in [-0.39, 0.29) is 11.5 Å². The highest BCUT2D eigenvalue weighted by molar-refractivity contribution is 5.59. The molecule has 2 aromatic rings. The third-order valence-electron chi connectivity index (χ3n) is 2.22. The van der Waals surface area contributed by atoms with Crippen molar-refractivity contribution in [3.8, 4) is 11.5 Å². The summed E-state index contributed by atoms with van der Waals surface area (Å²) in [5.41, 5.74) is 0.372. The molecule has 0 saturated heterocycles. The maximum atomic E-state index is 11.1. The van der Waals surface area contributed by atoms with Gasteiger partial charge in [0.2, 0.25) is 5.95 Å². The van der Waals surface area contributed by atoms with Crippen LogP contribution in [0.3, 0.4) is 0 Å². The first-order valence-electron chi connectivity index (χ1n) is 5.14. The van der Waals surface area contributed by atoms with E-state index in [0.29, 0.717) is 17.2 Å². The predicted molar refractivity (Wildman–Crippen MR) is 65.5 cm³/mol. The van der Waals surface area contributed by atoms with Crippen molar-refractivity contribution < 1.29 is 9.47 Å². The van der Waals surface area contributed by atoms with Gasteiger partial charge in [-0.2, -0.15) is 0 Å². The summed E-state index contributed by atoms with van der Waals surface area (Å²) in [6.45, 7) is 0. The number of aromatic amines is 1. The average Bonchev–Trinajstić information content (AvgIpc) is 2.38. The Kier molecular flexibility index (Phi) is 3.42. The summed E-state index contributed by atoms with van der Waals surface area (Å²) in [5.74, 6) is 1.46. The molecule has 7 nitrogen and oxygen atoms in total. The van der Waals surface area contributed by atoms with Gasteiger partial charge < -0.3 is 14.8 Å². The zero-order chi connectivity index (χ0) is 13.0. The van der Waals surface area contributed by atoms with Crippen LogP contribution in [0.4, 0.5) is 11.6 Å². The number of methoxy groups -OCH3 is 2. The Morgan fingerprint density at radius 3 is 2.67 bits per heavy atom. The van der Waals surface area contributed by atoms with Crippen molar-refractivity contribution in [2.75, 3.05) is 19.5 Å². The highest BCUT2D eigenvalue weighted by atomic mass is 16.5. The van der Waals surface area contributed by atoms with E-state index in [2.05, 4.69) is 20.5 Å². The lowest BCUT2D eigenvalue weighted by atomic mass is 10.3. The number of hydrogen-bond acceptors (Lipinski definition) is 6. The molecule has 0 unspecified atom stereocenters. The number of ether oxygens (including phenoxy) is 2. The second-order valence-electron chi connectivity index (χ2n) is 3.38. The lowest BCUT2D eigenvalue weighted by Crippen LogP contribution is -2.10. The second-order valence-corrected chi connectivity index (χ2v) is 3.38. The van der Waals surface area contributed by atoms with Crippen molar-refractivity contribution in [2.24, 2.45) is 0 Å². The van der Waals surface area contributed by atoms with Crippen LogP contribution in [0.5, 0.6) is 11.5 Å². The van der Waals surface area contributed by atoms with E-state index < -0.39 is 0 Å². The standard InChI is InChI=1S/C11H12N4O3/c1-17-8-4-3-7(5-9(8)18-2)13-11-14-10(16)6-12-15-11/h3-6H,1-2H3,(H2,13,14,15,16). The van der Waals surface area contributed by atoms with Gasteiger partial charge in [0, 0.05) is 11.8 Å². The highest BCUT2D eigenvalue weighted by Crippen LogP contribution is 2.30. The van der Waals surface area contributed by atoms with Crippen LogP contribution in [0.1, 0.15) is 0 Å². The Morgan fingerprint density at radius 2 is 2.00 bits per heavy atom. The van der Waals surface area contributed by atoms with E-state index in [1.165, 1.54) is 0 Å². The minimum absolute atomic E-state index is 0.259. The van der Waals surface area contributed by atoms with Gasteiger partial charge >= 0.3 is 0 Å². The smallest absolute Gasteiger partial charge is 0.271 e. The van der Waals surface area contributed by atoms with Gasteiger partial charge in [-0.25, -0.2) is 0 Å². The normalized spacial score (nSPS) is 9.89. The fourth-order valence-electron chi connectivity index (χ4n) is 1.42. The molecule has 1 heterocycles. The van der Waals surface area contributed by atoms with Gasteiger partial charge in [-0.3, -0.25) is 9.78 Å². The molecule has 0 fully saturated rings. The van der Waals surface area contributed by atoms with Crippen LogP contribution in [0, 0.1) is 0 Å². The molecular weight excluding hydrogens is 236 g/mol. The molecule has 0 aliphatic rings. The quantitative estimate of drug-likeness (QED) is 0.836. The molecule has 0 saturated carbocycles. The average molecular weight is 248 g/mol. The lowest BCUT2D eigenvalue weighted by Gasteiger charge is -2.10. The van der Waals surface area contributed by atoms with Crippen molar-refractivity contribution in [3.05, 3.63) is 34.7 Å². The maximum Gasteiger partial charge on any atom is 0.271 e. The molecule has 18 heavy (non-hydrogen) atoms. The molecule has 0 radical (unpaired) electrons. The molecule has 1 aromatic carbocycles. The van der Waals surface area contributed by atoms with Crippen LogP contribution < -0.4 is 20.3 Å². The first-order valence-corrected chi connectivity index (χ1v) is 5.14. The van der Waals surface area contributed by atoms with E-state index in [1.54, 1.807) is 32.4 Å². The van der Waals surface area contributed by atoms with Gasteiger partial charge in [-0.1, -0.05) is 0 Å². The minimum atomic E-state index is -0.326. The summed E-state index contributed by atoms with van der Waals surface area (Å²) in [6.07, 6.45) is 1.10. The third-order valence-corrected chi connectivity index (χ3v) is 2.22. The zero-order valence-corrected chi connectivity index (χ0v) is 9.93. The zero-order valence-electron chi connectivity index (χ0n) is 9.93. The van der Waals surface area contributed by atoms with Crippen LogP contribution >= 0.6 is 0 Å². The summed E-state index contributed by atoms with van der Waals surface area (Å²) in [7, 11) is 3.11. The van der Waals surface area contributed by atoms with Crippen LogP contribution in [-0.2, 0) is 0 Å². The van der Waals surface area contributed by atoms with Gasteiger partial charge in [-0.15, -0.1) is 10.2 Å². The van der Waals surface area contributed by atoms with Crippen LogP contribution in [0.25, 0.3) is 0 Å². The third kappa shape index (κ3) is 2.57. The molecule has 0 spiro atoms. The molecule has 0 aliphatic heterocycles. The predicted octanol–water partition coefficient (Wildman–Crippen LogP) is 0.926. The highest BCUT2D eigenvalue weighted by Gasteiger charge is 2.05. The van der Waals surface area contributed by atoms with E-state index in [1.807, 2.05) is 0 Å². The molecule has 0 aliphatic carbocycles. The Labute approximate surface area is 103 Å². The Morgan fingerprint density at radius 1 is 1.22 bits per heavy atom. The van der Waals surface area contributed by atoms with Crippen molar-refractivity contribution in [2.45, 2.75) is 0 Å². The van der Waals surface area contributed by atoms with Gasteiger partial charge in [0.25, 0.3) is 5.56 Å². The molecule has 1 aromatic heterocycles. The molecule has 0 atom stereocenters. The topological polar surface area (TPSA) is 89.1 Å². The first kappa shape index (κ1) is 11.9. The lowest BCUT2D eigenvalue weighted by molar-refractivity contribution is 0.355. The fourth-order valence-corrected chi connectivity index (χ4v) is 1.42. The number of nitrogens with zero attached hydrogens (tertiary/aromatic N) is 2. The Bertz CT molecular complexity index is 597.